The molecule has 0 saturated carbocycles. The fourth-order valence-corrected chi connectivity index (χ4v) is 2.46. The third-order valence-electron chi connectivity index (χ3n) is 2.12. The van der Waals surface area contributed by atoms with Crippen molar-refractivity contribution in [2.45, 2.75) is 4.90 Å². The minimum absolute atomic E-state index is 0.0901. The van der Waals surface area contributed by atoms with Crippen molar-refractivity contribution in [1.29, 1.82) is 0 Å². The first-order valence-corrected chi connectivity index (χ1v) is 6.66. The molecule has 3 N–H and O–H groups in total. The molecule has 19 heavy (non-hydrogen) atoms. The van der Waals surface area contributed by atoms with Crippen LogP contribution in [0.4, 0.5) is 10.1 Å². The second-order valence-electron chi connectivity index (χ2n) is 3.40. The van der Waals surface area contributed by atoms with E-state index in [0.717, 1.165) is 18.2 Å². The summed E-state index contributed by atoms with van der Waals surface area (Å²) in [5.74, 6) is -1.20. The predicted molar refractivity (Wildman–Crippen MR) is 66.4 cm³/mol. The van der Waals surface area contributed by atoms with Gasteiger partial charge in [-0.3, -0.25) is 10.1 Å². The van der Waals surface area contributed by atoms with E-state index in [1.54, 1.807) is 0 Å². The zero-order valence-electron chi connectivity index (χ0n) is 9.74. The summed E-state index contributed by atoms with van der Waals surface area (Å²) in [6, 6.07) is 2.88. The number of nitro benzene ring substituents is 1. The van der Waals surface area contributed by atoms with Crippen molar-refractivity contribution in [2.24, 2.45) is 5.73 Å². The number of halogens is 1. The van der Waals surface area contributed by atoms with Gasteiger partial charge in [-0.15, -0.1) is 0 Å². The molecule has 0 saturated heterocycles. The minimum Gasteiger partial charge on any atom is -0.327 e. The summed E-state index contributed by atoms with van der Waals surface area (Å²) in [6.07, 6.45) is 2.96. The fraction of sp³-hybridized carbons (Fsp3) is 0.200. The summed E-state index contributed by atoms with van der Waals surface area (Å²) < 4.78 is 39.1. The minimum atomic E-state index is -4.16. The van der Waals surface area contributed by atoms with E-state index in [1.807, 2.05) is 0 Å². The highest BCUT2D eigenvalue weighted by Crippen LogP contribution is 2.26. The molecule has 0 aliphatic carbocycles. The summed E-state index contributed by atoms with van der Waals surface area (Å²) >= 11 is 0. The van der Waals surface area contributed by atoms with E-state index < -0.39 is 31.3 Å². The number of rotatable bonds is 6. The molecule has 0 atom stereocenters. The number of nitrogens with zero attached hydrogens (tertiary/aromatic N) is 1. The zero-order chi connectivity index (χ0) is 14.5. The Morgan fingerprint density at radius 3 is 2.68 bits per heavy atom. The van der Waals surface area contributed by atoms with Gasteiger partial charge < -0.3 is 5.73 Å². The third-order valence-corrected chi connectivity index (χ3v) is 3.57. The molecule has 7 nitrogen and oxygen atoms in total. The van der Waals surface area contributed by atoms with Gasteiger partial charge >= 0.3 is 5.69 Å². The molecular formula is C10H12FN3O4S. The number of nitrogens with two attached hydrogens (primary N) is 1. The molecule has 1 aromatic carbocycles. The lowest BCUT2D eigenvalue weighted by atomic mass is 10.3. The summed E-state index contributed by atoms with van der Waals surface area (Å²) in [5, 5.41) is 10.7. The van der Waals surface area contributed by atoms with E-state index in [2.05, 4.69) is 4.72 Å². The van der Waals surface area contributed by atoms with E-state index >= 15 is 0 Å². The topological polar surface area (TPSA) is 115 Å². The Balaban J connectivity index is 3.11. The first-order valence-electron chi connectivity index (χ1n) is 5.17. The van der Waals surface area contributed by atoms with Crippen LogP contribution in [0.15, 0.2) is 35.2 Å². The largest absolute Gasteiger partial charge is 0.327 e. The molecule has 0 bridgehead atoms. The number of hydrogen-bond acceptors (Lipinski definition) is 5. The van der Waals surface area contributed by atoms with E-state index in [9.17, 15) is 22.9 Å². The Morgan fingerprint density at radius 2 is 2.11 bits per heavy atom. The standard InChI is InChI=1S/C10H12FN3O4S/c11-8-4-3-5-9(10(8)14(15)16)19(17,18)13-7-2-1-6-12/h1-5,13H,6-7,12H2/b2-1+. The smallest absolute Gasteiger partial charge is 0.324 e. The quantitative estimate of drug-likeness (QED) is 0.450. The van der Waals surface area contributed by atoms with Crippen LogP contribution in [0.1, 0.15) is 0 Å². The van der Waals surface area contributed by atoms with Crippen molar-refractivity contribution in [1.82, 2.24) is 4.72 Å². The molecule has 0 amide bonds. The highest BCUT2D eigenvalue weighted by Gasteiger charge is 2.28. The number of benzene rings is 1. The van der Waals surface area contributed by atoms with Gasteiger partial charge in [0.05, 0.1) is 4.92 Å². The van der Waals surface area contributed by atoms with Crippen LogP contribution in [-0.2, 0) is 10.0 Å². The van der Waals surface area contributed by atoms with E-state index in [4.69, 9.17) is 5.73 Å². The molecule has 9 heteroatoms. The van der Waals surface area contributed by atoms with Gasteiger partial charge in [0.25, 0.3) is 0 Å². The van der Waals surface area contributed by atoms with Crippen molar-refractivity contribution < 1.29 is 17.7 Å². The third kappa shape index (κ3) is 3.81. The molecule has 0 aromatic heterocycles. The Kier molecular flexibility index (Phi) is 5.10. The predicted octanol–water partition coefficient (Wildman–Crippen LogP) is 0.527. The number of hydrogen-bond donors (Lipinski definition) is 2. The Morgan fingerprint density at radius 1 is 1.42 bits per heavy atom. The van der Waals surface area contributed by atoms with E-state index in [0.29, 0.717) is 0 Å². The summed E-state index contributed by atoms with van der Waals surface area (Å²) in [5.41, 5.74) is 4.10. The van der Waals surface area contributed by atoms with Gasteiger partial charge in [-0.25, -0.2) is 13.1 Å². The van der Waals surface area contributed by atoms with Crippen molar-refractivity contribution in [2.75, 3.05) is 13.1 Å². The number of para-hydroxylation sites is 1. The van der Waals surface area contributed by atoms with Gasteiger partial charge in [0.15, 0.2) is 4.90 Å². The Labute approximate surface area is 109 Å². The second-order valence-corrected chi connectivity index (χ2v) is 5.14. The van der Waals surface area contributed by atoms with Gasteiger partial charge in [-0.2, -0.15) is 4.39 Å². The highest BCUT2D eigenvalue weighted by molar-refractivity contribution is 7.89. The van der Waals surface area contributed by atoms with Crippen LogP contribution in [0.3, 0.4) is 0 Å². The van der Waals surface area contributed by atoms with Crippen LogP contribution < -0.4 is 10.5 Å². The average Bonchev–Trinajstić information content (AvgIpc) is 2.34. The van der Waals surface area contributed by atoms with Crippen LogP contribution in [0.2, 0.25) is 0 Å². The van der Waals surface area contributed by atoms with Crippen LogP contribution in [0.25, 0.3) is 0 Å². The summed E-state index contributed by atoms with van der Waals surface area (Å²) in [6.45, 7) is 0.148. The molecule has 104 valence electrons. The highest BCUT2D eigenvalue weighted by atomic mass is 32.2. The molecule has 0 spiro atoms. The number of sulfonamides is 1. The second kappa shape index (κ2) is 6.36. The molecule has 0 aliphatic heterocycles. The molecule has 0 fully saturated rings. The fourth-order valence-electron chi connectivity index (χ4n) is 1.30. The van der Waals surface area contributed by atoms with Crippen molar-refractivity contribution in [3.63, 3.8) is 0 Å². The van der Waals surface area contributed by atoms with Crippen LogP contribution in [0.5, 0.6) is 0 Å². The van der Waals surface area contributed by atoms with Crippen LogP contribution in [-0.4, -0.2) is 26.4 Å². The summed E-state index contributed by atoms with van der Waals surface area (Å²) in [7, 11) is -4.16. The molecule has 1 rings (SSSR count). The maximum absolute atomic E-state index is 13.3. The Bertz CT molecular complexity index is 601. The van der Waals surface area contributed by atoms with Gasteiger partial charge in [0.1, 0.15) is 0 Å². The molecule has 0 unspecified atom stereocenters. The Hall–Kier alpha value is -1.84. The van der Waals surface area contributed by atoms with Gasteiger partial charge in [-0.1, -0.05) is 18.2 Å². The summed E-state index contributed by atoms with van der Waals surface area (Å²) in [4.78, 5) is 8.93. The SMILES string of the molecule is NC/C=C/CNS(=O)(=O)c1cccc(F)c1[N+](=O)[O-]. The maximum Gasteiger partial charge on any atom is 0.324 e. The lowest BCUT2D eigenvalue weighted by Crippen LogP contribution is -2.25. The first-order chi connectivity index (χ1) is 8.90. The van der Waals surface area contributed by atoms with Crippen molar-refractivity contribution >= 4 is 15.7 Å². The maximum atomic E-state index is 13.3. The van der Waals surface area contributed by atoms with Crippen LogP contribution >= 0.6 is 0 Å². The zero-order valence-corrected chi connectivity index (χ0v) is 10.6. The van der Waals surface area contributed by atoms with Gasteiger partial charge in [0, 0.05) is 13.1 Å². The first kappa shape index (κ1) is 15.2. The lowest BCUT2D eigenvalue weighted by Gasteiger charge is -2.05. The van der Waals surface area contributed by atoms with E-state index in [-0.39, 0.29) is 13.1 Å². The monoisotopic (exact) mass is 289 g/mol. The van der Waals surface area contributed by atoms with Crippen molar-refractivity contribution in [3.8, 4) is 0 Å². The molecule has 1 aromatic rings. The number of nitro groups is 1. The van der Waals surface area contributed by atoms with Crippen molar-refractivity contribution in [3.05, 3.63) is 46.3 Å². The van der Waals surface area contributed by atoms with E-state index in [1.165, 1.54) is 12.2 Å². The molecule has 0 heterocycles. The number of nitrogens with one attached hydrogen (secondary N) is 1. The molecular weight excluding hydrogens is 277 g/mol. The lowest BCUT2D eigenvalue weighted by molar-refractivity contribution is -0.390. The van der Waals surface area contributed by atoms with Gasteiger partial charge in [0.2, 0.25) is 15.8 Å². The van der Waals surface area contributed by atoms with Gasteiger partial charge in [-0.05, 0) is 12.1 Å². The molecule has 0 aliphatic rings. The van der Waals surface area contributed by atoms with Crippen LogP contribution in [0, 0.1) is 15.9 Å². The molecule has 0 radical (unpaired) electrons. The average molecular weight is 289 g/mol. The normalized spacial score (nSPS) is 11.9.